The number of allylic oxidation sites excluding steroid dienone is 1. The van der Waals surface area contributed by atoms with E-state index in [0.29, 0.717) is 44.6 Å². The van der Waals surface area contributed by atoms with E-state index in [9.17, 15) is 18.5 Å². The number of piperazine rings is 1. The van der Waals surface area contributed by atoms with Gasteiger partial charge in [0.05, 0.1) is 41.8 Å². The maximum atomic E-state index is 15.7. The van der Waals surface area contributed by atoms with E-state index in [-0.39, 0.29) is 52.4 Å². The highest BCUT2D eigenvalue weighted by Crippen LogP contribution is 2.44. The number of ether oxygens (including phenoxy) is 3. The molecule has 0 atom stereocenters. The number of nitrogens with one attached hydrogen (secondary N) is 1. The Morgan fingerprint density at radius 2 is 1.72 bits per heavy atom. The van der Waals surface area contributed by atoms with Crippen molar-refractivity contribution >= 4 is 45.0 Å². The number of aliphatic imine (C=N–C) groups is 1. The standard InChI is InChI=1S/C50H54ClFN6O6S/c1-49(2)15-14-36(43(26-49)34-6-8-38(51)9-7-34)30-56-20-22-58(23-21-56)39-10-12-42(47(25-39)64-46-5-3-4-35-28-54-29-44(35)46)48(59)55-65(60,61)41-11-13-45(37(24-41)27-53)63-33-50(52)16-18-57(19-17-50)40-31-62-32-40/h3-13,24-25,29,40H,14-23,26,28,30-33H2,1-2H3,(H,55,59). The van der Waals surface area contributed by atoms with Crippen LogP contribution in [0.3, 0.4) is 0 Å². The van der Waals surface area contributed by atoms with Gasteiger partial charge in [0, 0.05) is 74.4 Å². The average Bonchev–Trinajstić information content (AvgIpc) is 3.77. The third kappa shape index (κ3) is 10.1. The van der Waals surface area contributed by atoms with Crippen molar-refractivity contribution in [2.75, 3.05) is 70.5 Å². The number of carbonyl (C=O) groups is 1. The molecular formula is C50H54ClFN6O6S. The monoisotopic (exact) mass is 920 g/mol. The van der Waals surface area contributed by atoms with Crippen LogP contribution in [0.1, 0.15) is 78.6 Å². The highest BCUT2D eigenvalue weighted by atomic mass is 35.5. The lowest BCUT2D eigenvalue weighted by atomic mass is 9.72. The third-order valence-corrected chi connectivity index (χ3v) is 15.1. The van der Waals surface area contributed by atoms with Crippen LogP contribution in [0.25, 0.3) is 5.57 Å². The minimum Gasteiger partial charge on any atom is -0.489 e. The molecule has 340 valence electrons. The molecular weight excluding hydrogens is 867 g/mol. The van der Waals surface area contributed by atoms with Crippen LogP contribution in [0.15, 0.2) is 94.3 Å². The number of alkyl halides is 1. The van der Waals surface area contributed by atoms with Crippen molar-refractivity contribution in [3.8, 4) is 23.3 Å². The second-order valence-corrected chi connectivity index (χ2v) is 20.8. The molecule has 4 aromatic carbocycles. The van der Waals surface area contributed by atoms with E-state index in [2.05, 4.69) is 50.4 Å². The third-order valence-electron chi connectivity index (χ3n) is 13.5. The van der Waals surface area contributed by atoms with Gasteiger partial charge in [-0.1, -0.05) is 55.3 Å². The maximum absolute atomic E-state index is 15.7. The Kier molecular flexibility index (Phi) is 12.8. The number of halogens is 2. The van der Waals surface area contributed by atoms with Crippen molar-refractivity contribution in [2.24, 2.45) is 10.4 Å². The number of hydrogen-bond acceptors (Lipinski definition) is 11. The number of likely N-dealkylation sites (tertiary alicyclic amines) is 1. The Morgan fingerprint density at radius 3 is 2.45 bits per heavy atom. The topological polar surface area (TPSA) is 137 Å². The van der Waals surface area contributed by atoms with Crippen molar-refractivity contribution in [3.63, 3.8) is 0 Å². The summed E-state index contributed by atoms with van der Waals surface area (Å²) in [7, 11) is -4.49. The fourth-order valence-electron chi connectivity index (χ4n) is 9.40. The van der Waals surface area contributed by atoms with E-state index >= 15 is 4.39 Å². The molecule has 5 aliphatic rings. The lowest BCUT2D eigenvalue weighted by Gasteiger charge is -2.43. The van der Waals surface area contributed by atoms with Crippen molar-refractivity contribution in [2.45, 2.75) is 69.1 Å². The number of nitriles is 1. The summed E-state index contributed by atoms with van der Waals surface area (Å²) in [6, 6.07) is 25.0. The molecule has 65 heavy (non-hydrogen) atoms. The normalized spacial score (nSPS) is 19.9. The molecule has 1 N–H and O–H groups in total. The molecule has 3 saturated heterocycles. The van der Waals surface area contributed by atoms with Crippen LogP contribution in [0, 0.1) is 16.7 Å². The first-order valence-corrected chi connectivity index (χ1v) is 24.2. The Morgan fingerprint density at radius 1 is 0.954 bits per heavy atom. The van der Waals surface area contributed by atoms with Crippen LogP contribution >= 0.6 is 11.6 Å². The van der Waals surface area contributed by atoms with Gasteiger partial charge in [-0.15, -0.1) is 0 Å². The van der Waals surface area contributed by atoms with Crippen LogP contribution in [0.5, 0.6) is 17.2 Å². The second kappa shape index (κ2) is 18.5. The number of rotatable bonds is 13. The number of amides is 1. The van der Waals surface area contributed by atoms with Crippen molar-refractivity contribution in [1.29, 1.82) is 5.26 Å². The van der Waals surface area contributed by atoms with Gasteiger partial charge in [-0.05, 0) is 103 Å². The molecule has 0 spiro atoms. The van der Waals surface area contributed by atoms with Gasteiger partial charge in [0.15, 0.2) is 0 Å². The Hall–Kier alpha value is -5.30. The summed E-state index contributed by atoms with van der Waals surface area (Å²) in [5, 5.41) is 10.7. The predicted octanol–water partition coefficient (Wildman–Crippen LogP) is 8.42. The number of benzene rings is 4. The molecule has 1 amide bonds. The average molecular weight is 922 g/mol. The molecule has 9 rings (SSSR count). The molecule has 0 bridgehead atoms. The zero-order valence-corrected chi connectivity index (χ0v) is 38.4. The first-order valence-electron chi connectivity index (χ1n) is 22.4. The van der Waals surface area contributed by atoms with Gasteiger partial charge in [0.25, 0.3) is 15.9 Å². The Bertz CT molecular complexity index is 2660. The maximum Gasteiger partial charge on any atom is 0.268 e. The molecule has 1 aliphatic carbocycles. The summed E-state index contributed by atoms with van der Waals surface area (Å²) in [5.41, 5.74) is 5.29. The number of anilines is 1. The smallest absolute Gasteiger partial charge is 0.268 e. The van der Waals surface area contributed by atoms with E-state index in [4.69, 9.17) is 25.8 Å². The summed E-state index contributed by atoms with van der Waals surface area (Å²) in [6.07, 6.45) is 5.50. The van der Waals surface area contributed by atoms with Crippen molar-refractivity contribution < 1.29 is 31.8 Å². The van der Waals surface area contributed by atoms with Gasteiger partial charge in [-0.25, -0.2) is 17.5 Å². The lowest BCUT2D eigenvalue weighted by Crippen LogP contribution is -2.55. The minimum atomic E-state index is -4.49. The van der Waals surface area contributed by atoms with Crippen molar-refractivity contribution in [1.82, 2.24) is 14.5 Å². The van der Waals surface area contributed by atoms with E-state index in [0.717, 1.165) is 79.9 Å². The summed E-state index contributed by atoms with van der Waals surface area (Å²) in [6.45, 7) is 11.4. The number of carbonyl (C=O) groups excluding carboxylic acids is 1. The Balaban J connectivity index is 0.900. The molecule has 0 saturated carbocycles. The van der Waals surface area contributed by atoms with Gasteiger partial charge in [-0.2, -0.15) is 5.26 Å². The fourth-order valence-corrected chi connectivity index (χ4v) is 10.5. The number of fused-ring (bicyclic) bond motifs is 1. The summed E-state index contributed by atoms with van der Waals surface area (Å²) >= 11 is 6.25. The van der Waals surface area contributed by atoms with Crippen molar-refractivity contribution in [3.05, 3.63) is 117 Å². The number of nitrogens with zero attached hydrogens (tertiary/aromatic N) is 5. The van der Waals surface area contributed by atoms with Gasteiger partial charge in [0.1, 0.15) is 35.6 Å². The highest BCUT2D eigenvalue weighted by molar-refractivity contribution is 7.90. The molecule has 4 aliphatic heterocycles. The second-order valence-electron chi connectivity index (χ2n) is 18.6. The summed E-state index contributed by atoms with van der Waals surface area (Å²) < 4.78 is 63.1. The largest absolute Gasteiger partial charge is 0.489 e. The summed E-state index contributed by atoms with van der Waals surface area (Å²) in [5.74, 6) is -0.169. The highest BCUT2D eigenvalue weighted by Gasteiger charge is 2.39. The van der Waals surface area contributed by atoms with Crippen LogP contribution in [0.2, 0.25) is 5.02 Å². The molecule has 3 fully saturated rings. The number of sulfonamides is 1. The van der Waals surface area contributed by atoms with E-state index in [1.165, 1.54) is 28.8 Å². The van der Waals surface area contributed by atoms with Crippen LogP contribution in [0.4, 0.5) is 10.1 Å². The molecule has 0 aromatic heterocycles. The molecule has 4 heterocycles. The molecule has 0 unspecified atom stereocenters. The number of piperidine rings is 1. The van der Waals surface area contributed by atoms with Gasteiger partial charge >= 0.3 is 0 Å². The first kappa shape index (κ1) is 44.9. The Labute approximate surface area is 385 Å². The van der Waals surface area contributed by atoms with Gasteiger partial charge in [-0.3, -0.25) is 19.6 Å². The molecule has 0 radical (unpaired) electrons. The number of hydrogen-bond donors (Lipinski definition) is 1. The van der Waals surface area contributed by atoms with E-state index in [1.54, 1.807) is 24.4 Å². The summed E-state index contributed by atoms with van der Waals surface area (Å²) in [4.78, 5) is 25.1. The zero-order valence-electron chi connectivity index (χ0n) is 36.8. The lowest BCUT2D eigenvalue weighted by molar-refractivity contribution is -0.0890. The van der Waals surface area contributed by atoms with Crippen LogP contribution in [-0.4, -0.2) is 108 Å². The van der Waals surface area contributed by atoms with E-state index in [1.807, 2.05) is 36.4 Å². The molecule has 4 aromatic rings. The van der Waals surface area contributed by atoms with Crippen LogP contribution < -0.4 is 19.1 Å². The molecule has 12 nitrogen and oxygen atoms in total. The predicted molar refractivity (Wildman–Crippen MR) is 249 cm³/mol. The molecule has 15 heteroatoms. The first-order chi connectivity index (χ1) is 31.2. The minimum absolute atomic E-state index is 0.00924. The fraction of sp³-hybridized carbons (Fsp3) is 0.420. The van der Waals surface area contributed by atoms with E-state index < -0.39 is 21.6 Å². The zero-order chi connectivity index (χ0) is 45.3. The van der Waals surface area contributed by atoms with Gasteiger partial charge in [0.2, 0.25) is 0 Å². The quantitative estimate of drug-likeness (QED) is 0.139. The SMILES string of the molecule is CC1(C)CCC(CN2CCN(c3ccc(C(=O)NS(=O)(=O)c4ccc(OCC5(F)CCN(C6COC6)CC5)c(C#N)c4)c(Oc4cccc5c4C=NC5)c3)CC2)=C(c2ccc(Cl)cc2)C1. The van der Waals surface area contributed by atoms with Crippen LogP contribution in [-0.2, 0) is 21.3 Å². The van der Waals surface area contributed by atoms with Gasteiger partial charge < -0.3 is 19.1 Å².